The van der Waals surface area contributed by atoms with Gasteiger partial charge in [-0.2, -0.15) is 5.26 Å². The minimum atomic E-state index is -0.695. The molecule has 0 aliphatic carbocycles. The summed E-state index contributed by atoms with van der Waals surface area (Å²) in [6, 6.07) is 12.6. The molecule has 0 spiro atoms. The molecule has 4 aromatic rings. The fraction of sp³-hybridized carbons (Fsp3) is 0.0476. The maximum atomic E-state index is 15.1. The second-order valence-electron chi connectivity index (χ2n) is 6.29. The average Bonchev–Trinajstić information content (AvgIpc) is 3.22. The Morgan fingerprint density at radius 1 is 1.06 bits per heavy atom. The predicted octanol–water partition coefficient (Wildman–Crippen LogP) is 6.49. The van der Waals surface area contributed by atoms with E-state index in [4.69, 9.17) is 49.2 Å². The van der Waals surface area contributed by atoms with E-state index < -0.39 is 5.82 Å². The molecule has 154 valence electrons. The number of pyridine rings is 1. The highest BCUT2D eigenvalue weighted by atomic mass is 35.5. The van der Waals surface area contributed by atoms with Gasteiger partial charge in [0, 0.05) is 16.8 Å². The Kier molecular flexibility index (Phi) is 6.05. The zero-order valence-electron chi connectivity index (χ0n) is 15.4. The summed E-state index contributed by atoms with van der Waals surface area (Å²) in [5.41, 5.74) is 1.08. The van der Waals surface area contributed by atoms with Crippen LogP contribution in [0.25, 0.3) is 11.5 Å². The highest BCUT2D eigenvalue weighted by molar-refractivity contribution is 6.32. The van der Waals surface area contributed by atoms with Crippen molar-refractivity contribution in [2.24, 2.45) is 0 Å². The monoisotopic (exact) mass is 474 g/mol. The van der Waals surface area contributed by atoms with Crippen molar-refractivity contribution in [3.63, 3.8) is 0 Å². The quantitative estimate of drug-likeness (QED) is 0.307. The number of aromatic nitrogens is 3. The van der Waals surface area contributed by atoms with Crippen molar-refractivity contribution in [3.05, 3.63) is 86.7 Å². The fourth-order valence-electron chi connectivity index (χ4n) is 2.71. The number of ether oxygens (including phenoxy) is 1. The van der Waals surface area contributed by atoms with Crippen LogP contribution in [0.1, 0.15) is 17.0 Å². The number of halogens is 4. The van der Waals surface area contributed by atoms with Gasteiger partial charge in [-0.25, -0.2) is 9.37 Å². The minimum Gasteiger partial charge on any atom is -0.453 e. The van der Waals surface area contributed by atoms with E-state index in [1.807, 2.05) is 6.07 Å². The van der Waals surface area contributed by atoms with Crippen molar-refractivity contribution in [2.75, 3.05) is 0 Å². The first-order valence-electron chi connectivity index (χ1n) is 8.72. The van der Waals surface area contributed by atoms with Crippen LogP contribution in [0.15, 0.2) is 53.1 Å². The van der Waals surface area contributed by atoms with Crippen LogP contribution in [0.5, 0.6) is 11.5 Å². The van der Waals surface area contributed by atoms with Gasteiger partial charge in [0.1, 0.15) is 10.9 Å². The lowest BCUT2D eigenvalue weighted by molar-refractivity contribution is 0.437. The molecule has 4 rings (SSSR count). The Hall–Kier alpha value is -3.18. The summed E-state index contributed by atoms with van der Waals surface area (Å²) < 4.78 is 26.3. The molecule has 2 heterocycles. The molecule has 0 bridgehead atoms. The number of benzene rings is 2. The summed E-state index contributed by atoms with van der Waals surface area (Å²) in [4.78, 5) is 3.96. The molecule has 10 heteroatoms. The Labute approximate surface area is 190 Å². The van der Waals surface area contributed by atoms with Crippen LogP contribution < -0.4 is 4.74 Å². The van der Waals surface area contributed by atoms with Crippen molar-refractivity contribution < 1.29 is 13.5 Å². The molecule has 0 fully saturated rings. The molecule has 0 saturated carbocycles. The van der Waals surface area contributed by atoms with Crippen LogP contribution in [0, 0.1) is 17.1 Å². The highest BCUT2D eigenvalue weighted by Crippen LogP contribution is 2.36. The third-order valence-corrected chi connectivity index (χ3v) is 4.87. The van der Waals surface area contributed by atoms with E-state index in [0.29, 0.717) is 10.7 Å². The van der Waals surface area contributed by atoms with Gasteiger partial charge in [-0.1, -0.05) is 40.9 Å². The van der Waals surface area contributed by atoms with Gasteiger partial charge < -0.3 is 9.15 Å². The maximum absolute atomic E-state index is 15.1. The second kappa shape index (κ2) is 8.90. The molecule has 0 atom stereocenters. The molecule has 6 nitrogen and oxygen atoms in total. The van der Waals surface area contributed by atoms with Gasteiger partial charge in [-0.05, 0) is 36.4 Å². The smallest absolute Gasteiger partial charge is 0.249 e. The zero-order valence-corrected chi connectivity index (χ0v) is 17.7. The largest absolute Gasteiger partial charge is 0.453 e. The van der Waals surface area contributed by atoms with Gasteiger partial charge >= 0.3 is 0 Å². The van der Waals surface area contributed by atoms with Gasteiger partial charge in [0.25, 0.3) is 0 Å². The molecule has 2 aromatic heterocycles. The summed E-state index contributed by atoms with van der Waals surface area (Å²) in [6.45, 7) is 0. The number of nitrogens with zero attached hydrogens (tertiary/aromatic N) is 4. The van der Waals surface area contributed by atoms with Crippen LogP contribution >= 0.6 is 34.8 Å². The first kappa shape index (κ1) is 21.1. The van der Waals surface area contributed by atoms with Gasteiger partial charge in [0.2, 0.25) is 11.8 Å². The third kappa shape index (κ3) is 4.78. The molecule has 0 amide bonds. The molecule has 31 heavy (non-hydrogen) atoms. The Morgan fingerprint density at radius 2 is 1.90 bits per heavy atom. The first-order chi connectivity index (χ1) is 14.9. The molecular weight excluding hydrogens is 466 g/mol. The van der Waals surface area contributed by atoms with Gasteiger partial charge in [0.15, 0.2) is 11.6 Å². The van der Waals surface area contributed by atoms with Crippen LogP contribution in [0.3, 0.4) is 0 Å². The number of hydrogen-bond donors (Lipinski definition) is 0. The Balaban J connectivity index is 1.60. The summed E-state index contributed by atoms with van der Waals surface area (Å²) >= 11 is 17.9. The van der Waals surface area contributed by atoms with Crippen LogP contribution in [-0.4, -0.2) is 15.2 Å². The minimum absolute atomic E-state index is 0.00632. The predicted molar refractivity (Wildman–Crippen MR) is 113 cm³/mol. The summed E-state index contributed by atoms with van der Waals surface area (Å²) in [7, 11) is 0. The van der Waals surface area contributed by atoms with E-state index >= 15 is 4.39 Å². The summed E-state index contributed by atoms with van der Waals surface area (Å²) in [5.74, 6) is -0.303. The van der Waals surface area contributed by atoms with Gasteiger partial charge in [-0.3, -0.25) is 0 Å². The Morgan fingerprint density at radius 3 is 2.65 bits per heavy atom. The van der Waals surface area contributed by atoms with Gasteiger partial charge in [-0.15, -0.1) is 10.2 Å². The topological polar surface area (TPSA) is 84.8 Å². The number of rotatable bonds is 5. The highest BCUT2D eigenvalue weighted by Gasteiger charge is 2.18. The molecule has 2 aromatic carbocycles. The Bertz CT molecular complexity index is 1300. The molecule has 0 aliphatic heterocycles. The van der Waals surface area contributed by atoms with Crippen molar-refractivity contribution in [1.82, 2.24) is 15.2 Å². The second-order valence-corrected chi connectivity index (χ2v) is 7.52. The fourth-order valence-corrected chi connectivity index (χ4v) is 3.24. The van der Waals surface area contributed by atoms with E-state index in [1.165, 1.54) is 36.5 Å². The zero-order chi connectivity index (χ0) is 22.0. The maximum Gasteiger partial charge on any atom is 0.249 e. The lowest BCUT2D eigenvalue weighted by Gasteiger charge is -2.11. The normalized spacial score (nSPS) is 10.7. The van der Waals surface area contributed by atoms with E-state index in [1.54, 1.807) is 12.1 Å². The molecule has 0 N–H and O–H groups in total. The molecule has 0 radical (unpaired) electrons. The van der Waals surface area contributed by atoms with Crippen molar-refractivity contribution >= 4 is 34.8 Å². The van der Waals surface area contributed by atoms with E-state index in [2.05, 4.69) is 15.2 Å². The molecule has 0 aliphatic rings. The van der Waals surface area contributed by atoms with E-state index in [-0.39, 0.29) is 50.9 Å². The van der Waals surface area contributed by atoms with Crippen molar-refractivity contribution in [1.29, 1.82) is 5.26 Å². The number of hydrogen-bond acceptors (Lipinski definition) is 6. The van der Waals surface area contributed by atoms with Crippen molar-refractivity contribution in [3.8, 4) is 29.0 Å². The first-order valence-corrected chi connectivity index (χ1v) is 9.86. The molecular formula is C21H10Cl3FN4O2. The number of nitriles is 1. The van der Waals surface area contributed by atoms with E-state index in [0.717, 1.165) is 0 Å². The average molecular weight is 476 g/mol. The van der Waals surface area contributed by atoms with Gasteiger partial charge in [0.05, 0.1) is 28.6 Å². The van der Waals surface area contributed by atoms with E-state index in [9.17, 15) is 0 Å². The van der Waals surface area contributed by atoms with Crippen LogP contribution in [0.4, 0.5) is 4.39 Å². The summed E-state index contributed by atoms with van der Waals surface area (Å²) in [6.07, 6.45) is 1.50. The molecule has 0 saturated heterocycles. The molecule has 0 unspecified atom stereocenters. The summed E-state index contributed by atoms with van der Waals surface area (Å²) in [5, 5.41) is 17.6. The van der Waals surface area contributed by atoms with Crippen LogP contribution in [0.2, 0.25) is 15.2 Å². The lowest BCUT2D eigenvalue weighted by atomic mass is 10.1. The van der Waals surface area contributed by atoms with Crippen molar-refractivity contribution in [2.45, 2.75) is 6.42 Å². The van der Waals surface area contributed by atoms with Crippen LogP contribution in [-0.2, 0) is 6.42 Å². The lowest BCUT2D eigenvalue weighted by Crippen LogP contribution is -1.98. The standard InChI is InChI=1S/C21H10Cl3FN4O2/c22-14-5-11(9-26)6-15(8-14)30-20-16(23)3-1-12(19(20)25)7-18-28-29-21(31-18)13-2-4-17(24)27-10-13/h1-6,8,10H,7H2. The SMILES string of the molecule is N#Cc1cc(Cl)cc(Oc2c(Cl)ccc(Cc3nnc(-c4ccc(Cl)nc4)o3)c2F)c1. The third-order valence-electron chi connectivity index (χ3n) is 4.13.